The maximum absolute atomic E-state index is 5.86. The van der Waals surface area contributed by atoms with E-state index in [0.29, 0.717) is 5.92 Å². The van der Waals surface area contributed by atoms with Crippen molar-refractivity contribution >= 4 is 8.07 Å². The van der Waals surface area contributed by atoms with Crippen molar-refractivity contribution in [1.82, 2.24) is 0 Å². The van der Waals surface area contributed by atoms with Gasteiger partial charge >= 0.3 is 0 Å². The number of ether oxygens (including phenoxy) is 1. The summed E-state index contributed by atoms with van der Waals surface area (Å²) in [6.07, 6.45) is 11.5. The van der Waals surface area contributed by atoms with Crippen LogP contribution in [0.2, 0.25) is 13.1 Å². The average Bonchev–Trinajstić information content (AvgIpc) is 2.31. The minimum absolute atomic E-state index is 0.0804. The van der Waals surface area contributed by atoms with E-state index in [2.05, 4.69) is 36.6 Å². The predicted molar refractivity (Wildman–Crippen MR) is 72.1 cm³/mol. The second kappa shape index (κ2) is 4.50. The number of methoxy groups -OCH3 is 1. The quantitative estimate of drug-likeness (QED) is 0.661. The van der Waals surface area contributed by atoms with Gasteiger partial charge in [0.1, 0.15) is 5.60 Å². The summed E-state index contributed by atoms with van der Waals surface area (Å²) in [6, 6.07) is 0. The average molecular weight is 236 g/mol. The predicted octanol–water partition coefficient (Wildman–Crippen LogP) is 3.86. The molecule has 2 aliphatic rings. The highest BCUT2D eigenvalue weighted by molar-refractivity contribution is 6.87. The summed E-state index contributed by atoms with van der Waals surface area (Å²) in [6.45, 7) is 4.75. The van der Waals surface area contributed by atoms with Crippen LogP contribution >= 0.6 is 0 Å². The molecular weight excluding hydrogens is 212 g/mol. The van der Waals surface area contributed by atoms with Gasteiger partial charge in [-0.15, -0.1) is 0 Å². The largest absolute Gasteiger partial charge is 0.370 e. The van der Waals surface area contributed by atoms with E-state index in [1.54, 1.807) is 0 Å². The summed E-state index contributed by atoms with van der Waals surface area (Å²) in [5.74, 6) is 0.698. The Hall–Kier alpha value is -0.343. The van der Waals surface area contributed by atoms with Crippen molar-refractivity contribution in [2.75, 3.05) is 7.11 Å². The minimum atomic E-state index is -1.20. The van der Waals surface area contributed by atoms with Gasteiger partial charge in [0.2, 0.25) is 0 Å². The highest BCUT2D eigenvalue weighted by Gasteiger charge is 2.37. The maximum atomic E-state index is 5.86. The van der Waals surface area contributed by atoms with Gasteiger partial charge < -0.3 is 4.74 Å². The molecule has 2 rings (SSSR count). The van der Waals surface area contributed by atoms with E-state index in [-0.39, 0.29) is 5.60 Å². The summed E-state index contributed by atoms with van der Waals surface area (Å²) >= 11 is 0. The van der Waals surface area contributed by atoms with Crippen molar-refractivity contribution in [1.29, 1.82) is 0 Å². The Bertz CT molecular complexity index is 282. The lowest BCUT2D eigenvalue weighted by Gasteiger charge is -2.40. The highest BCUT2D eigenvalue weighted by Crippen LogP contribution is 2.39. The zero-order chi connectivity index (χ0) is 11.6. The molecule has 1 fully saturated rings. The van der Waals surface area contributed by atoms with Crippen LogP contribution in [0.5, 0.6) is 0 Å². The first-order valence-electron chi connectivity index (χ1n) is 6.54. The molecule has 0 saturated heterocycles. The topological polar surface area (TPSA) is 9.23 Å². The molecule has 0 bridgehead atoms. The van der Waals surface area contributed by atoms with Crippen LogP contribution in [0.15, 0.2) is 23.6 Å². The summed E-state index contributed by atoms with van der Waals surface area (Å²) in [7, 11) is 0.664. The minimum Gasteiger partial charge on any atom is -0.370 e. The van der Waals surface area contributed by atoms with Crippen LogP contribution < -0.4 is 0 Å². The monoisotopic (exact) mass is 236 g/mol. The van der Waals surface area contributed by atoms with Gasteiger partial charge in [0.25, 0.3) is 0 Å². The lowest BCUT2D eigenvalue weighted by molar-refractivity contribution is 0.00777. The van der Waals surface area contributed by atoms with Crippen molar-refractivity contribution in [3.63, 3.8) is 0 Å². The zero-order valence-corrected chi connectivity index (χ0v) is 11.8. The van der Waals surface area contributed by atoms with Gasteiger partial charge in [-0.05, 0) is 18.8 Å². The van der Waals surface area contributed by atoms with E-state index in [4.69, 9.17) is 4.74 Å². The van der Waals surface area contributed by atoms with Crippen molar-refractivity contribution < 1.29 is 4.74 Å². The molecule has 1 nitrogen and oxygen atoms in total. The molecule has 0 amide bonds. The van der Waals surface area contributed by atoms with Crippen LogP contribution in [-0.2, 0) is 4.74 Å². The standard InChI is InChI=1S/C14H24OSi/c1-15-14(13-7-5-4-6-8-13)9-11-16(2,3)12-10-14/h9-13H,4-8H2,1-3H3. The summed E-state index contributed by atoms with van der Waals surface area (Å²) in [5, 5.41) is 0. The molecule has 0 unspecified atom stereocenters. The summed E-state index contributed by atoms with van der Waals surface area (Å²) in [4.78, 5) is 0. The molecule has 1 aliphatic carbocycles. The van der Waals surface area contributed by atoms with Crippen LogP contribution in [0, 0.1) is 5.92 Å². The molecule has 0 N–H and O–H groups in total. The molecule has 1 saturated carbocycles. The van der Waals surface area contributed by atoms with Crippen LogP contribution in [-0.4, -0.2) is 20.8 Å². The van der Waals surface area contributed by atoms with Gasteiger partial charge in [-0.3, -0.25) is 0 Å². The first kappa shape index (κ1) is 12.1. The Morgan fingerprint density at radius 1 is 1.06 bits per heavy atom. The number of hydrogen-bond acceptors (Lipinski definition) is 1. The Labute approximate surface area is 101 Å². The molecule has 0 atom stereocenters. The van der Waals surface area contributed by atoms with Gasteiger partial charge in [0.05, 0.1) is 8.07 Å². The van der Waals surface area contributed by atoms with Crippen LogP contribution in [0.25, 0.3) is 0 Å². The van der Waals surface area contributed by atoms with Crippen LogP contribution in [0.1, 0.15) is 32.1 Å². The molecule has 90 valence electrons. The first-order chi connectivity index (χ1) is 7.58. The van der Waals surface area contributed by atoms with Gasteiger partial charge in [-0.2, -0.15) is 0 Å². The maximum Gasteiger partial charge on any atom is 0.106 e. The summed E-state index contributed by atoms with van der Waals surface area (Å²) in [5.41, 5.74) is 4.79. The third-order valence-corrected chi connectivity index (χ3v) is 6.20. The molecule has 0 aromatic heterocycles. The van der Waals surface area contributed by atoms with Crippen molar-refractivity contribution in [2.45, 2.75) is 50.8 Å². The molecule has 1 heterocycles. The first-order valence-corrected chi connectivity index (χ1v) is 9.69. The smallest absolute Gasteiger partial charge is 0.106 e. The van der Waals surface area contributed by atoms with Gasteiger partial charge in [0.15, 0.2) is 0 Å². The highest BCUT2D eigenvalue weighted by atomic mass is 28.3. The van der Waals surface area contributed by atoms with E-state index in [1.165, 1.54) is 32.1 Å². The van der Waals surface area contributed by atoms with Crippen LogP contribution in [0.3, 0.4) is 0 Å². The number of rotatable bonds is 2. The SMILES string of the molecule is COC1(C2CCCCC2)C=C[Si](C)(C)C=C1. The molecular formula is C14H24OSi. The van der Waals surface area contributed by atoms with Gasteiger partial charge in [0, 0.05) is 7.11 Å². The van der Waals surface area contributed by atoms with E-state index < -0.39 is 8.07 Å². The fraction of sp³-hybridized carbons (Fsp3) is 0.714. The van der Waals surface area contributed by atoms with Gasteiger partial charge in [-0.25, -0.2) is 0 Å². The van der Waals surface area contributed by atoms with Crippen molar-refractivity contribution in [3.05, 3.63) is 23.6 Å². The molecule has 0 aromatic rings. The molecule has 1 aliphatic heterocycles. The lowest BCUT2D eigenvalue weighted by atomic mass is 9.76. The fourth-order valence-electron chi connectivity index (χ4n) is 2.93. The summed E-state index contributed by atoms with van der Waals surface area (Å²) < 4.78 is 5.86. The lowest BCUT2D eigenvalue weighted by Crippen LogP contribution is -2.41. The zero-order valence-electron chi connectivity index (χ0n) is 10.8. The Balaban J connectivity index is 2.17. The number of hydrogen-bond donors (Lipinski definition) is 0. The van der Waals surface area contributed by atoms with Gasteiger partial charge in [-0.1, -0.05) is 55.9 Å². The second-order valence-electron chi connectivity index (χ2n) is 5.88. The van der Waals surface area contributed by atoms with Crippen molar-refractivity contribution in [3.8, 4) is 0 Å². The third-order valence-electron chi connectivity index (χ3n) is 4.14. The van der Waals surface area contributed by atoms with E-state index in [0.717, 1.165) is 0 Å². The van der Waals surface area contributed by atoms with E-state index >= 15 is 0 Å². The van der Waals surface area contributed by atoms with E-state index in [1.807, 2.05) is 7.11 Å². The van der Waals surface area contributed by atoms with Crippen molar-refractivity contribution in [2.24, 2.45) is 5.92 Å². The molecule has 2 heteroatoms. The second-order valence-corrected chi connectivity index (χ2v) is 10.2. The Kier molecular flexibility index (Phi) is 3.41. The fourth-order valence-corrected chi connectivity index (χ4v) is 4.42. The Morgan fingerprint density at radius 3 is 2.12 bits per heavy atom. The normalized spacial score (nSPS) is 28.2. The third kappa shape index (κ3) is 2.33. The van der Waals surface area contributed by atoms with Crippen LogP contribution in [0.4, 0.5) is 0 Å². The molecule has 0 radical (unpaired) electrons. The molecule has 0 aromatic carbocycles. The molecule has 16 heavy (non-hydrogen) atoms. The molecule has 0 spiro atoms. The Morgan fingerprint density at radius 2 is 1.62 bits per heavy atom. The van der Waals surface area contributed by atoms with E-state index in [9.17, 15) is 0 Å².